The number of carbonyl (C=O) groups is 1. The molecule has 0 bridgehead atoms. The van der Waals surface area contributed by atoms with E-state index in [0.717, 1.165) is 18.6 Å². The van der Waals surface area contributed by atoms with Crippen LogP contribution in [0.25, 0.3) is 0 Å². The highest BCUT2D eigenvalue weighted by molar-refractivity contribution is 7.99. The zero-order valence-corrected chi connectivity index (χ0v) is 13.0. The van der Waals surface area contributed by atoms with Gasteiger partial charge in [0.25, 0.3) is 0 Å². The van der Waals surface area contributed by atoms with Gasteiger partial charge in [0, 0.05) is 29.0 Å². The topological polar surface area (TPSA) is 38.3 Å². The lowest BCUT2D eigenvalue weighted by Gasteiger charge is -2.26. The van der Waals surface area contributed by atoms with Crippen molar-refractivity contribution in [2.75, 3.05) is 18.9 Å². The Labute approximate surface area is 130 Å². The van der Waals surface area contributed by atoms with Crippen molar-refractivity contribution in [3.63, 3.8) is 0 Å². The SMILES string of the molecule is C=CCSc1ccc2c(c1)COCC2CNC(=O)C1CC1. The second kappa shape index (κ2) is 6.67. The Bertz CT molecular complexity index is 540. The van der Waals surface area contributed by atoms with Crippen molar-refractivity contribution in [2.24, 2.45) is 5.92 Å². The molecule has 1 N–H and O–H groups in total. The maximum atomic E-state index is 11.8. The Morgan fingerprint density at radius 3 is 3.10 bits per heavy atom. The molecule has 3 rings (SSSR count). The molecule has 1 aromatic rings. The first-order valence-corrected chi connectivity index (χ1v) is 8.48. The molecule has 2 aliphatic rings. The summed E-state index contributed by atoms with van der Waals surface area (Å²) in [5, 5.41) is 3.07. The molecule has 0 radical (unpaired) electrons. The van der Waals surface area contributed by atoms with E-state index in [0.29, 0.717) is 19.8 Å². The van der Waals surface area contributed by atoms with E-state index >= 15 is 0 Å². The number of fused-ring (bicyclic) bond motifs is 1. The number of carbonyl (C=O) groups excluding carboxylic acids is 1. The second-order valence-corrected chi connectivity index (χ2v) is 6.79. The maximum Gasteiger partial charge on any atom is 0.223 e. The molecule has 0 spiro atoms. The summed E-state index contributed by atoms with van der Waals surface area (Å²) >= 11 is 1.78. The number of hydrogen-bond acceptors (Lipinski definition) is 3. The van der Waals surface area contributed by atoms with E-state index in [9.17, 15) is 4.79 Å². The van der Waals surface area contributed by atoms with Crippen LogP contribution >= 0.6 is 11.8 Å². The molecule has 1 unspecified atom stereocenters. The number of thioether (sulfide) groups is 1. The Morgan fingerprint density at radius 1 is 1.48 bits per heavy atom. The van der Waals surface area contributed by atoms with E-state index in [1.807, 2.05) is 6.08 Å². The standard InChI is InChI=1S/C17H21NO2S/c1-2-7-21-15-5-6-16-13(8-15)10-20-11-14(16)9-18-17(19)12-3-4-12/h2,5-6,8,12,14H,1,3-4,7,9-11H2,(H,18,19). The molecule has 1 atom stereocenters. The van der Waals surface area contributed by atoms with Gasteiger partial charge in [-0.3, -0.25) is 4.79 Å². The van der Waals surface area contributed by atoms with E-state index in [1.165, 1.54) is 16.0 Å². The van der Waals surface area contributed by atoms with Crippen molar-refractivity contribution in [1.29, 1.82) is 0 Å². The van der Waals surface area contributed by atoms with Crippen LogP contribution in [0.1, 0.15) is 29.9 Å². The molecule has 1 aliphatic carbocycles. The molecule has 1 saturated carbocycles. The number of amides is 1. The minimum absolute atomic E-state index is 0.209. The fourth-order valence-corrected chi connectivity index (χ4v) is 3.33. The first-order valence-electron chi connectivity index (χ1n) is 7.50. The van der Waals surface area contributed by atoms with Gasteiger partial charge in [-0.1, -0.05) is 12.1 Å². The van der Waals surface area contributed by atoms with Gasteiger partial charge in [-0.25, -0.2) is 0 Å². The van der Waals surface area contributed by atoms with Crippen LogP contribution in [0.15, 0.2) is 35.7 Å². The van der Waals surface area contributed by atoms with Crippen LogP contribution in [0.2, 0.25) is 0 Å². The highest BCUT2D eigenvalue weighted by atomic mass is 32.2. The molecular formula is C17H21NO2S. The molecule has 112 valence electrons. The van der Waals surface area contributed by atoms with E-state index < -0.39 is 0 Å². The van der Waals surface area contributed by atoms with Gasteiger partial charge in [-0.2, -0.15) is 0 Å². The fourth-order valence-electron chi connectivity index (χ4n) is 2.63. The van der Waals surface area contributed by atoms with E-state index in [1.54, 1.807) is 11.8 Å². The molecule has 1 fully saturated rings. The van der Waals surface area contributed by atoms with Crippen LogP contribution in [0, 0.1) is 5.92 Å². The molecule has 1 aliphatic heterocycles. The molecule has 4 heteroatoms. The Hall–Kier alpha value is -1.26. The predicted molar refractivity (Wildman–Crippen MR) is 85.5 cm³/mol. The summed E-state index contributed by atoms with van der Waals surface area (Å²) in [5.41, 5.74) is 2.57. The minimum atomic E-state index is 0.209. The smallest absolute Gasteiger partial charge is 0.223 e. The van der Waals surface area contributed by atoms with Crippen molar-refractivity contribution in [3.05, 3.63) is 42.0 Å². The Kier molecular flexibility index (Phi) is 4.66. The number of nitrogens with one attached hydrogen (secondary N) is 1. The predicted octanol–water partition coefficient (Wildman–Crippen LogP) is 3.10. The zero-order valence-electron chi connectivity index (χ0n) is 12.1. The molecule has 3 nitrogen and oxygen atoms in total. The Balaban J connectivity index is 1.65. The van der Waals surface area contributed by atoms with E-state index in [-0.39, 0.29) is 17.7 Å². The summed E-state index contributed by atoms with van der Waals surface area (Å²) in [4.78, 5) is 13.0. The van der Waals surface area contributed by atoms with Crippen LogP contribution in [0.5, 0.6) is 0 Å². The number of ether oxygens (including phenoxy) is 1. The van der Waals surface area contributed by atoms with Crippen molar-refractivity contribution < 1.29 is 9.53 Å². The maximum absolute atomic E-state index is 11.8. The minimum Gasteiger partial charge on any atom is -0.376 e. The summed E-state index contributed by atoms with van der Waals surface area (Å²) < 4.78 is 5.70. The van der Waals surface area contributed by atoms with Gasteiger partial charge in [0.2, 0.25) is 5.91 Å². The van der Waals surface area contributed by atoms with Crippen molar-refractivity contribution in [3.8, 4) is 0 Å². The van der Waals surface area contributed by atoms with Gasteiger partial charge >= 0.3 is 0 Å². The van der Waals surface area contributed by atoms with E-state index in [2.05, 4.69) is 30.1 Å². The Morgan fingerprint density at radius 2 is 2.33 bits per heavy atom. The molecule has 0 saturated heterocycles. The van der Waals surface area contributed by atoms with E-state index in [4.69, 9.17) is 4.74 Å². The highest BCUT2D eigenvalue weighted by Gasteiger charge is 2.30. The van der Waals surface area contributed by atoms with Gasteiger partial charge in [0.05, 0.1) is 13.2 Å². The average molecular weight is 303 g/mol. The van der Waals surface area contributed by atoms with Crippen LogP contribution in [0.3, 0.4) is 0 Å². The van der Waals surface area contributed by atoms with Crippen LogP contribution in [-0.2, 0) is 16.1 Å². The largest absolute Gasteiger partial charge is 0.376 e. The lowest BCUT2D eigenvalue weighted by Crippen LogP contribution is -2.33. The number of benzene rings is 1. The highest BCUT2D eigenvalue weighted by Crippen LogP contribution is 2.31. The molecule has 1 aromatic carbocycles. The first kappa shape index (κ1) is 14.7. The van der Waals surface area contributed by atoms with Crippen molar-refractivity contribution >= 4 is 17.7 Å². The third-order valence-electron chi connectivity index (χ3n) is 3.97. The van der Waals surface area contributed by atoms with Gasteiger partial charge in [0.1, 0.15) is 0 Å². The zero-order chi connectivity index (χ0) is 14.7. The third-order valence-corrected chi connectivity index (χ3v) is 4.96. The van der Waals surface area contributed by atoms with Gasteiger partial charge in [-0.05, 0) is 36.1 Å². The van der Waals surface area contributed by atoms with Crippen LogP contribution in [-0.4, -0.2) is 24.8 Å². The van der Waals surface area contributed by atoms with Gasteiger partial charge in [-0.15, -0.1) is 18.3 Å². The summed E-state index contributed by atoms with van der Waals surface area (Å²) in [6, 6.07) is 6.56. The third kappa shape index (κ3) is 3.69. The first-order chi connectivity index (χ1) is 10.3. The lowest BCUT2D eigenvalue weighted by molar-refractivity contribution is -0.122. The molecular weight excluding hydrogens is 282 g/mol. The van der Waals surface area contributed by atoms with Crippen molar-refractivity contribution in [2.45, 2.75) is 30.3 Å². The van der Waals surface area contributed by atoms with Crippen LogP contribution < -0.4 is 5.32 Å². The quantitative estimate of drug-likeness (QED) is 0.648. The van der Waals surface area contributed by atoms with Crippen LogP contribution in [0.4, 0.5) is 0 Å². The summed E-state index contributed by atoms with van der Waals surface area (Å²) in [6.45, 7) is 5.79. The molecule has 0 aromatic heterocycles. The molecule has 21 heavy (non-hydrogen) atoms. The summed E-state index contributed by atoms with van der Waals surface area (Å²) in [7, 11) is 0. The fraction of sp³-hybridized carbons (Fsp3) is 0.471. The molecule has 1 amide bonds. The molecule has 1 heterocycles. The summed E-state index contributed by atoms with van der Waals surface area (Å²) in [6.07, 6.45) is 4.01. The second-order valence-electron chi connectivity index (χ2n) is 5.69. The number of rotatable bonds is 6. The summed E-state index contributed by atoms with van der Waals surface area (Å²) in [5.74, 6) is 1.67. The normalized spacial score (nSPS) is 20.7. The number of hydrogen-bond donors (Lipinski definition) is 1. The lowest BCUT2D eigenvalue weighted by atomic mass is 9.93. The van der Waals surface area contributed by atoms with Crippen molar-refractivity contribution in [1.82, 2.24) is 5.32 Å². The van der Waals surface area contributed by atoms with Gasteiger partial charge in [0.15, 0.2) is 0 Å². The van der Waals surface area contributed by atoms with Gasteiger partial charge < -0.3 is 10.1 Å². The monoisotopic (exact) mass is 303 g/mol. The average Bonchev–Trinajstić information content (AvgIpc) is 3.35.